The molecule has 2 atom stereocenters. The quantitative estimate of drug-likeness (QED) is 0.163. The number of methoxy groups -OCH3 is 2. The number of amides is 4. The second kappa shape index (κ2) is 15.9. The number of pyridine rings is 1. The zero-order chi connectivity index (χ0) is 32.2. The second-order valence-corrected chi connectivity index (χ2v) is 10.7. The number of benzene rings is 2. The minimum absolute atomic E-state index is 0.101. The van der Waals surface area contributed by atoms with Gasteiger partial charge in [0.05, 0.1) is 26.7 Å². The summed E-state index contributed by atoms with van der Waals surface area (Å²) in [5.74, 6) is -1.18. The van der Waals surface area contributed by atoms with Crippen LogP contribution in [0, 0.1) is 18.8 Å². The molecule has 4 amide bonds. The summed E-state index contributed by atoms with van der Waals surface area (Å²) in [7, 11) is 2.96. The van der Waals surface area contributed by atoms with Crippen molar-refractivity contribution in [1.82, 2.24) is 10.3 Å². The fourth-order valence-corrected chi connectivity index (χ4v) is 4.60. The van der Waals surface area contributed by atoms with Crippen LogP contribution in [0.25, 0.3) is 0 Å². The summed E-state index contributed by atoms with van der Waals surface area (Å²) in [6.45, 7) is 5.72. The monoisotopic (exact) mass is 605 g/mol. The molecule has 1 heterocycles. The molecule has 0 bridgehead atoms. The number of carbonyl (C=O) groups is 4. The van der Waals surface area contributed by atoms with Crippen LogP contribution >= 0.6 is 0 Å². The fourth-order valence-electron chi connectivity index (χ4n) is 4.60. The summed E-state index contributed by atoms with van der Waals surface area (Å²) in [6.07, 6.45) is 1.53. The lowest BCUT2D eigenvalue weighted by atomic mass is 9.92. The number of hydrogen-bond acceptors (Lipinski definition) is 7. The van der Waals surface area contributed by atoms with Crippen LogP contribution < -0.4 is 30.7 Å². The predicted octanol–water partition coefficient (Wildman–Crippen LogP) is 5.37. The van der Waals surface area contributed by atoms with Crippen molar-refractivity contribution in [3.05, 3.63) is 71.9 Å². The first-order valence-electron chi connectivity index (χ1n) is 14.1. The summed E-state index contributed by atoms with van der Waals surface area (Å²) >= 11 is 0. The molecule has 0 aliphatic rings. The smallest absolute Gasteiger partial charge is 0.324 e. The maximum atomic E-state index is 13.4. The molecule has 0 saturated heterocycles. The molecule has 5 N–H and O–H groups in total. The minimum Gasteiger partial charge on any atom is -0.493 e. The van der Waals surface area contributed by atoms with E-state index in [-0.39, 0.29) is 24.7 Å². The van der Waals surface area contributed by atoms with Crippen molar-refractivity contribution in [2.75, 3.05) is 30.2 Å². The molecule has 12 heteroatoms. The largest absolute Gasteiger partial charge is 0.493 e. The van der Waals surface area contributed by atoms with Crippen molar-refractivity contribution in [1.29, 1.82) is 0 Å². The van der Waals surface area contributed by atoms with Crippen LogP contribution in [-0.2, 0) is 14.4 Å². The molecular weight excluding hydrogens is 566 g/mol. The van der Waals surface area contributed by atoms with Gasteiger partial charge in [-0.3, -0.25) is 19.7 Å². The van der Waals surface area contributed by atoms with Crippen LogP contribution in [0.5, 0.6) is 11.5 Å². The van der Waals surface area contributed by atoms with Gasteiger partial charge in [0.25, 0.3) is 0 Å². The van der Waals surface area contributed by atoms with E-state index in [1.807, 2.05) is 26.8 Å². The summed E-state index contributed by atoms with van der Waals surface area (Å²) in [4.78, 5) is 54.5. The summed E-state index contributed by atoms with van der Waals surface area (Å²) in [5, 5.41) is 20.5. The third kappa shape index (κ3) is 10.0. The minimum atomic E-state index is -1.09. The number of carboxylic acid groups (broad SMARTS) is 1. The van der Waals surface area contributed by atoms with Crippen molar-refractivity contribution < 1.29 is 33.8 Å². The maximum Gasteiger partial charge on any atom is 0.324 e. The summed E-state index contributed by atoms with van der Waals surface area (Å²) in [6, 6.07) is 13.8. The molecule has 12 nitrogen and oxygen atoms in total. The Labute approximate surface area is 256 Å². The van der Waals surface area contributed by atoms with Gasteiger partial charge in [0, 0.05) is 29.9 Å². The van der Waals surface area contributed by atoms with Crippen molar-refractivity contribution in [2.24, 2.45) is 11.8 Å². The summed E-state index contributed by atoms with van der Waals surface area (Å²) < 4.78 is 10.6. The van der Waals surface area contributed by atoms with Gasteiger partial charge in [-0.1, -0.05) is 26.0 Å². The Kier molecular flexibility index (Phi) is 12.1. The Balaban J connectivity index is 1.64. The number of hydrogen-bond donors (Lipinski definition) is 5. The number of carbonyl (C=O) groups excluding carboxylic acids is 3. The molecule has 3 aromatic rings. The highest BCUT2D eigenvalue weighted by molar-refractivity contribution is 6.00. The number of carboxylic acids is 1. The van der Waals surface area contributed by atoms with Gasteiger partial charge in [-0.15, -0.1) is 0 Å². The number of ether oxygens (including phenoxy) is 2. The Hall–Kier alpha value is -5.13. The lowest BCUT2D eigenvalue weighted by Crippen LogP contribution is -2.37. The number of urea groups is 1. The van der Waals surface area contributed by atoms with Crippen molar-refractivity contribution in [2.45, 2.75) is 46.1 Å². The number of nitrogens with zero attached hydrogens (tertiary/aromatic N) is 1. The van der Waals surface area contributed by atoms with Crippen molar-refractivity contribution in [3.8, 4) is 11.5 Å². The van der Waals surface area contributed by atoms with Gasteiger partial charge < -0.3 is 30.5 Å². The molecule has 2 aromatic carbocycles. The topological polar surface area (TPSA) is 168 Å². The molecule has 0 aliphatic heterocycles. The van der Waals surface area contributed by atoms with E-state index < -0.39 is 29.9 Å². The Morgan fingerprint density at radius 2 is 1.52 bits per heavy atom. The van der Waals surface area contributed by atoms with E-state index in [4.69, 9.17) is 9.47 Å². The van der Waals surface area contributed by atoms with Crippen LogP contribution in [-0.4, -0.2) is 48.1 Å². The van der Waals surface area contributed by atoms with Gasteiger partial charge in [0.2, 0.25) is 11.8 Å². The van der Waals surface area contributed by atoms with Gasteiger partial charge in [0.1, 0.15) is 5.82 Å². The van der Waals surface area contributed by atoms with E-state index in [9.17, 15) is 24.3 Å². The average Bonchev–Trinajstić information content (AvgIpc) is 2.97. The molecule has 234 valence electrons. The van der Waals surface area contributed by atoms with E-state index in [0.717, 1.165) is 5.56 Å². The SMILES string of the molecule is COc1ccc([C@H](CC(=O)O)NC(=O)[C@@H](CC(=O)Nc2ccc(NC(=O)Nc3ncccc3C)cc2)CC(C)C)cc1OC. The standard InChI is InChI=1S/C32H39N5O7/c1-19(2)15-22(31(41)36-25(18-29(39)40)21-8-13-26(43-4)27(16-21)44-5)17-28(38)34-23-9-11-24(12-10-23)35-32(42)37-30-20(3)7-6-14-33-30/h6-14,16,19,22,25H,15,17-18H2,1-5H3,(H,34,38)(H,36,41)(H,39,40)(H2,33,35,37,42)/t22-,25+/m1/s1. The highest BCUT2D eigenvalue weighted by Gasteiger charge is 2.27. The first kappa shape index (κ1) is 33.4. The van der Waals surface area contributed by atoms with Crippen LogP contribution in [0.3, 0.4) is 0 Å². The molecule has 0 unspecified atom stereocenters. The molecule has 44 heavy (non-hydrogen) atoms. The van der Waals surface area contributed by atoms with Crippen LogP contribution in [0.15, 0.2) is 60.8 Å². The number of aryl methyl sites for hydroxylation is 1. The number of nitrogens with one attached hydrogen (secondary N) is 4. The highest BCUT2D eigenvalue weighted by Crippen LogP contribution is 2.31. The first-order chi connectivity index (χ1) is 21.0. The third-order valence-electron chi connectivity index (χ3n) is 6.73. The van der Waals surface area contributed by atoms with Gasteiger partial charge in [-0.25, -0.2) is 9.78 Å². The van der Waals surface area contributed by atoms with E-state index in [2.05, 4.69) is 26.3 Å². The molecular formula is C32H39N5O7. The van der Waals surface area contributed by atoms with Crippen molar-refractivity contribution >= 4 is 41.0 Å². The highest BCUT2D eigenvalue weighted by atomic mass is 16.5. The molecule has 0 radical (unpaired) electrons. The van der Waals surface area contributed by atoms with E-state index in [1.54, 1.807) is 54.7 Å². The second-order valence-electron chi connectivity index (χ2n) is 10.7. The number of aliphatic carboxylic acids is 1. The van der Waals surface area contributed by atoms with Crippen molar-refractivity contribution in [3.63, 3.8) is 0 Å². The predicted molar refractivity (Wildman–Crippen MR) is 167 cm³/mol. The van der Waals surface area contributed by atoms with E-state index in [0.29, 0.717) is 40.7 Å². The molecule has 0 spiro atoms. The first-order valence-corrected chi connectivity index (χ1v) is 14.1. The summed E-state index contributed by atoms with van der Waals surface area (Å²) in [5.41, 5.74) is 2.34. The van der Waals surface area contributed by atoms with Gasteiger partial charge >= 0.3 is 12.0 Å². The Bertz CT molecular complexity index is 1460. The lowest BCUT2D eigenvalue weighted by Gasteiger charge is -2.24. The molecule has 0 fully saturated rings. The van der Waals surface area contributed by atoms with E-state index >= 15 is 0 Å². The van der Waals surface area contributed by atoms with Gasteiger partial charge in [-0.2, -0.15) is 0 Å². The van der Waals surface area contributed by atoms with Crippen LogP contribution in [0.1, 0.15) is 50.3 Å². The Morgan fingerprint density at radius 1 is 0.864 bits per heavy atom. The lowest BCUT2D eigenvalue weighted by molar-refractivity contribution is -0.138. The molecule has 0 aliphatic carbocycles. The van der Waals surface area contributed by atoms with E-state index in [1.165, 1.54) is 14.2 Å². The number of rotatable bonds is 14. The fraction of sp³-hybridized carbons (Fsp3) is 0.344. The number of anilines is 3. The normalized spacial score (nSPS) is 12.0. The van der Waals surface area contributed by atoms with Gasteiger partial charge in [0.15, 0.2) is 11.5 Å². The van der Waals surface area contributed by atoms with Gasteiger partial charge in [-0.05, 0) is 72.9 Å². The zero-order valence-corrected chi connectivity index (χ0v) is 25.5. The maximum absolute atomic E-state index is 13.4. The van der Waals surface area contributed by atoms with Crippen LogP contribution in [0.4, 0.5) is 22.0 Å². The molecule has 3 rings (SSSR count). The Morgan fingerprint density at radius 3 is 2.11 bits per heavy atom. The third-order valence-corrected chi connectivity index (χ3v) is 6.73. The average molecular weight is 606 g/mol. The number of aromatic nitrogens is 1. The molecule has 0 saturated carbocycles. The van der Waals surface area contributed by atoms with Crippen LogP contribution in [0.2, 0.25) is 0 Å². The zero-order valence-electron chi connectivity index (χ0n) is 25.5. The molecule has 1 aromatic heterocycles.